The van der Waals surface area contributed by atoms with E-state index >= 15 is 0 Å². The molecule has 84 valence electrons. The van der Waals surface area contributed by atoms with Crippen LogP contribution < -0.4 is 4.74 Å². The van der Waals surface area contributed by atoms with Crippen LogP contribution >= 0.6 is 11.6 Å². The number of ether oxygens (including phenoxy) is 1. The van der Waals surface area contributed by atoms with Crippen molar-refractivity contribution in [1.82, 2.24) is 0 Å². The van der Waals surface area contributed by atoms with Crippen LogP contribution in [0.4, 0.5) is 0 Å². The lowest BCUT2D eigenvalue weighted by Gasteiger charge is -2.12. The highest BCUT2D eigenvalue weighted by atomic mass is 35.5. The van der Waals surface area contributed by atoms with Gasteiger partial charge < -0.3 is 4.74 Å². The maximum atomic E-state index is 6.29. The molecule has 1 rings (SSSR count). The van der Waals surface area contributed by atoms with Crippen LogP contribution in [0, 0.1) is 5.92 Å². The van der Waals surface area contributed by atoms with Gasteiger partial charge in [-0.15, -0.1) is 11.6 Å². The predicted octanol–water partition coefficient (Wildman–Crippen LogP) is 4.41. The van der Waals surface area contributed by atoms with E-state index in [0.29, 0.717) is 12.5 Å². The molecule has 15 heavy (non-hydrogen) atoms. The highest BCUT2D eigenvalue weighted by Crippen LogP contribution is 2.28. The average Bonchev–Trinajstić information content (AvgIpc) is 2.18. The van der Waals surface area contributed by atoms with Crippen LogP contribution in [0.1, 0.15) is 38.1 Å². The van der Waals surface area contributed by atoms with Gasteiger partial charge in [0.15, 0.2) is 0 Å². The van der Waals surface area contributed by atoms with E-state index in [1.165, 1.54) is 5.56 Å². The maximum Gasteiger partial charge on any atom is 0.119 e. The highest BCUT2D eigenvalue weighted by molar-refractivity contribution is 6.20. The molecule has 0 bridgehead atoms. The van der Waals surface area contributed by atoms with Crippen molar-refractivity contribution in [2.24, 2.45) is 5.92 Å². The molecular formula is C13H19ClO. The second-order valence-corrected chi connectivity index (χ2v) is 4.63. The molecule has 0 radical (unpaired) electrons. The van der Waals surface area contributed by atoms with Gasteiger partial charge in [0.05, 0.1) is 12.0 Å². The van der Waals surface area contributed by atoms with Gasteiger partial charge in [0.1, 0.15) is 5.75 Å². The summed E-state index contributed by atoms with van der Waals surface area (Å²) in [7, 11) is 0. The number of hydrogen-bond donors (Lipinski definition) is 0. The van der Waals surface area contributed by atoms with Crippen molar-refractivity contribution in [3.63, 3.8) is 0 Å². The van der Waals surface area contributed by atoms with Crippen LogP contribution in [0.25, 0.3) is 0 Å². The second-order valence-electron chi connectivity index (χ2n) is 4.10. The zero-order valence-electron chi connectivity index (χ0n) is 9.66. The molecule has 1 nitrogen and oxygen atoms in total. The number of hydrogen-bond acceptors (Lipinski definition) is 1. The van der Waals surface area contributed by atoms with Crippen LogP contribution in [-0.2, 0) is 0 Å². The Balaban J connectivity index is 2.62. The fraction of sp³-hybridized carbons (Fsp3) is 0.538. The summed E-state index contributed by atoms with van der Waals surface area (Å²) in [5.74, 6) is 1.54. The zero-order valence-corrected chi connectivity index (χ0v) is 10.4. The van der Waals surface area contributed by atoms with Gasteiger partial charge in [-0.3, -0.25) is 0 Å². The van der Waals surface area contributed by atoms with Crippen molar-refractivity contribution >= 4 is 11.6 Å². The van der Waals surface area contributed by atoms with Gasteiger partial charge in [-0.2, -0.15) is 0 Å². The Labute approximate surface area is 97.4 Å². The zero-order chi connectivity index (χ0) is 11.3. The summed E-state index contributed by atoms with van der Waals surface area (Å²) in [6.45, 7) is 7.06. The Kier molecular flexibility index (Phi) is 4.97. The molecule has 0 spiro atoms. The van der Waals surface area contributed by atoms with Gasteiger partial charge in [-0.05, 0) is 37.0 Å². The molecule has 0 heterocycles. The smallest absolute Gasteiger partial charge is 0.119 e. The molecule has 0 aliphatic carbocycles. The summed E-state index contributed by atoms with van der Waals surface area (Å²) in [6, 6.07) is 8.05. The Morgan fingerprint density at radius 1 is 1.20 bits per heavy atom. The van der Waals surface area contributed by atoms with Gasteiger partial charge in [0, 0.05) is 0 Å². The standard InChI is InChI=1S/C13H19ClO/c1-4-15-12-7-5-11(6-8-12)13(14)9-10(2)3/h5-8,10,13H,4,9H2,1-3H3. The van der Waals surface area contributed by atoms with Crippen LogP contribution in [0.5, 0.6) is 5.75 Å². The van der Waals surface area contributed by atoms with Crippen molar-refractivity contribution in [3.05, 3.63) is 29.8 Å². The van der Waals surface area contributed by atoms with E-state index in [1.807, 2.05) is 31.2 Å². The highest BCUT2D eigenvalue weighted by Gasteiger charge is 2.09. The molecule has 0 saturated heterocycles. The first kappa shape index (κ1) is 12.4. The number of rotatable bonds is 5. The average molecular weight is 227 g/mol. The van der Waals surface area contributed by atoms with E-state index in [2.05, 4.69) is 13.8 Å². The summed E-state index contributed by atoms with van der Waals surface area (Å²) in [5.41, 5.74) is 1.17. The SMILES string of the molecule is CCOc1ccc(C(Cl)CC(C)C)cc1. The Hall–Kier alpha value is -0.690. The third kappa shape index (κ3) is 4.13. The monoisotopic (exact) mass is 226 g/mol. The molecule has 1 aromatic carbocycles. The normalized spacial score (nSPS) is 12.9. The van der Waals surface area contributed by atoms with Crippen LogP contribution in [0.2, 0.25) is 0 Å². The van der Waals surface area contributed by atoms with E-state index in [4.69, 9.17) is 16.3 Å². The van der Waals surface area contributed by atoms with Crippen LogP contribution in [-0.4, -0.2) is 6.61 Å². The van der Waals surface area contributed by atoms with E-state index in [0.717, 1.165) is 12.2 Å². The van der Waals surface area contributed by atoms with E-state index in [9.17, 15) is 0 Å². The van der Waals surface area contributed by atoms with Gasteiger partial charge in [-0.25, -0.2) is 0 Å². The second kappa shape index (κ2) is 6.02. The van der Waals surface area contributed by atoms with Crippen molar-refractivity contribution in [2.45, 2.75) is 32.6 Å². The van der Waals surface area contributed by atoms with Crippen molar-refractivity contribution < 1.29 is 4.74 Å². The molecule has 0 saturated carbocycles. The largest absolute Gasteiger partial charge is 0.494 e. The molecule has 0 fully saturated rings. The number of alkyl halides is 1. The van der Waals surface area contributed by atoms with Gasteiger partial charge in [-0.1, -0.05) is 26.0 Å². The lowest BCUT2D eigenvalue weighted by Crippen LogP contribution is -1.97. The first-order valence-corrected chi connectivity index (χ1v) is 5.94. The number of benzene rings is 1. The lowest BCUT2D eigenvalue weighted by molar-refractivity contribution is 0.340. The Bertz CT molecular complexity index is 279. The van der Waals surface area contributed by atoms with E-state index in [1.54, 1.807) is 0 Å². The molecule has 0 N–H and O–H groups in total. The van der Waals surface area contributed by atoms with Crippen molar-refractivity contribution in [1.29, 1.82) is 0 Å². The summed E-state index contributed by atoms with van der Waals surface area (Å²) in [5, 5.41) is 0.112. The summed E-state index contributed by atoms with van der Waals surface area (Å²) in [6.07, 6.45) is 1.01. The van der Waals surface area contributed by atoms with E-state index < -0.39 is 0 Å². The molecule has 2 heteroatoms. The summed E-state index contributed by atoms with van der Waals surface area (Å²) < 4.78 is 5.38. The van der Waals surface area contributed by atoms with Gasteiger partial charge in [0.2, 0.25) is 0 Å². The van der Waals surface area contributed by atoms with Crippen molar-refractivity contribution in [2.75, 3.05) is 6.61 Å². The predicted molar refractivity (Wildman–Crippen MR) is 65.7 cm³/mol. The lowest BCUT2D eigenvalue weighted by atomic mass is 10.0. The minimum absolute atomic E-state index is 0.112. The van der Waals surface area contributed by atoms with E-state index in [-0.39, 0.29) is 5.38 Å². The molecule has 0 aromatic heterocycles. The molecular weight excluding hydrogens is 208 g/mol. The Morgan fingerprint density at radius 3 is 2.27 bits per heavy atom. The molecule has 0 aliphatic heterocycles. The van der Waals surface area contributed by atoms with Crippen LogP contribution in [0.3, 0.4) is 0 Å². The summed E-state index contributed by atoms with van der Waals surface area (Å²) >= 11 is 6.29. The first-order chi connectivity index (χ1) is 7.13. The van der Waals surface area contributed by atoms with Gasteiger partial charge >= 0.3 is 0 Å². The molecule has 1 atom stereocenters. The molecule has 0 aliphatic rings. The van der Waals surface area contributed by atoms with Crippen molar-refractivity contribution in [3.8, 4) is 5.75 Å². The minimum atomic E-state index is 0.112. The molecule has 0 amide bonds. The van der Waals surface area contributed by atoms with Crippen LogP contribution in [0.15, 0.2) is 24.3 Å². The fourth-order valence-corrected chi connectivity index (χ4v) is 1.99. The quantitative estimate of drug-likeness (QED) is 0.676. The third-order valence-corrected chi connectivity index (χ3v) is 2.66. The Morgan fingerprint density at radius 2 is 1.80 bits per heavy atom. The topological polar surface area (TPSA) is 9.23 Å². The maximum absolute atomic E-state index is 6.29. The summed E-state index contributed by atoms with van der Waals surface area (Å²) in [4.78, 5) is 0. The first-order valence-electron chi connectivity index (χ1n) is 5.50. The minimum Gasteiger partial charge on any atom is -0.494 e. The third-order valence-electron chi connectivity index (χ3n) is 2.23. The molecule has 1 unspecified atom stereocenters. The molecule has 1 aromatic rings. The van der Waals surface area contributed by atoms with Gasteiger partial charge in [0.25, 0.3) is 0 Å². The fourth-order valence-electron chi connectivity index (χ4n) is 1.49. The number of halogens is 1.